The molecule has 21 heavy (non-hydrogen) atoms. The van der Waals surface area contributed by atoms with E-state index in [-0.39, 0.29) is 10.8 Å². The van der Waals surface area contributed by atoms with Gasteiger partial charge in [-0.15, -0.1) is 5.10 Å². The van der Waals surface area contributed by atoms with E-state index in [0.29, 0.717) is 6.54 Å². The number of nitrogens with zero attached hydrogens (tertiary/aromatic N) is 3. The van der Waals surface area contributed by atoms with Gasteiger partial charge in [0.05, 0.1) is 17.3 Å². The van der Waals surface area contributed by atoms with Gasteiger partial charge in [0.25, 0.3) is 16.0 Å². The van der Waals surface area contributed by atoms with Gasteiger partial charge in [0.15, 0.2) is 0 Å². The molecular formula is C13H17N5O2S. The molecule has 1 aromatic heterocycles. The average molecular weight is 307 g/mol. The molecule has 112 valence electrons. The van der Waals surface area contributed by atoms with Crippen LogP contribution in [-0.2, 0) is 16.6 Å². The van der Waals surface area contributed by atoms with E-state index in [9.17, 15) is 8.42 Å². The topological polar surface area (TPSA) is 96.9 Å². The van der Waals surface area contributed by atoms with Gasteiger partial charge in [-0.2, -0.15) is 5.10 Å². The average Bonchev–Trinajstić information content (AvgIpc) is 2.48. The highest BCUT2D eigenvalue weighted by Gasteiger charge is 2.15. The van der Waals surface area contributed by atoms with E-state index in [4.69, 9.17) is 0 Å². The first kappa shape index (κ1) is 15.3. The summed E-state index contributed by atoms with van der Waals surface area (Å²) >= 11 is 0. The summed E-state index contributed by atoms with van der Waals surface area (Å²) in [4.78, 5) is 3.97. The second kappa shape index (κ2) is 7.09. The van der Waals surface area contributed by atoms with Crippen molar-refractivity contribution in [3.63, 3.8) is 0 Å². The van der Waals surface area contributed by atoms with Crippen molar-refractivity contribution in [1.82, 2.24) is 20.5 Å². The number of benzene rings is 1. The van der Waals surface area contributed by atoms with Gasteiger partial charge in [-0.1, -0.05) is 19.1 Å². The van der Waals surface area contributed by atoms with E-state index in [1.54, 1.807) is 12.1 Å². The van der Waals surface area contributed by atoms with E-state index >= 15 is 0 Å². The molecule has 0 radical (unpaired) electrons. The maximum absolute atomic E-state index is 12.2. The second-order valence-electron chi connectivity index (χ2n) is 4.40. The van der Waals surface area contributed by atoms with E-state index in [2.05, 4.69) is 32.1 Å². The lowest BCUT2D eigenvalue weighted by Crippen LogP contribution is -2.17. The van der Waals surface area contributed by atoms with Crippen molar-refractivity contribution in [1.29, 1.82) is 0 Å². The summed E-state index contributed by atoms with van der Waals surface area (Å²) in [5.74, 6) is -0.0491. The highest BCUT2D eigenvalue weighted by atomic mass is 32.2. The van der Waals surface area contributed by atoms with E-state index in [1.807, 2.05) is 6.07 Å². The zero-order valence-electron chi connectivity index (χ0n) is 11.7. The number of sulfonamides is 1. The minimum absolute atomic E-state index is 0.0491. The molecule has 0 amide bonds. The Hall–Kier alpha value is -2.06. The first-order valence-corrected chi connectivity index (χ1v) is 8.06. The first-order chi connectivity index (χ1) is 10.1. The van der Waals surface area contributed by atoms with Crippen molar-refractivity contribution in [3.8, 4) is 0 Å². The molecule has 0 fully saturated rings. The molecule has 0 aliphatic rings. The fourth-order valence-corrected chi connectivity index (χ4v) is 2.72. The zero-order chi connectivity index (χ0) is 15.1. The Balaban J connectivity index is 2.14. The van der Waals surface area contributed by atoms with Crippen molar-refractivity contribution >= 4 is 16.0 Å². The fourth-order valence-electron chi connectivity index (χ4n) is 1.71. The van der Waals surface area contributed by atoms with Crippen molar-refractivity contribution < 1.29 is 8.42 Å². The minimum atomic E-state index is -3.71. The van der Waals surface area contributed by atoms with Crippen molar-refractivity contribution in [3.05, 3.63) is 42.2 Å². The number of anilines is 1. The van der Waals surface area contributed by atoms with E-state index in [0.717, 1.165) is 18.5 Å². The van der Waals surface area contributed by atoms with Crippen LogP contribution in [0, 0.1) is 0 Å². The summed E-state index contributed by atoms with van der Waals surface area (Å²) in [6.07, 6.45) is 3.77. The number of nitrogens with one attached hydrogen (secondary N) is 2. The highest BCUT2D eigenvalue weighted by molar-refractivity contribution is 7.92. The quantitative estimate of drug-likeness (QED) is 0.745. The molecule has 1 aromatic carbocycles. The summed E-state index contributed by atoms with van der Waals surface area (Å²) < 4.78 is 26.8. The minimum Gasteiger partial charge on any atom is -0.313 e. The lowest BCUT2D eigenvalue weighted by atomic mass is 10.2. The van der Waals surface area contributed by atoms with Crippen LogP contribution in [0.2, 0.25) is 0 Å². The van der Waals surface area contributed by atoms with Crippen molar-refractivity contribution in [2.24, 2.45) is 0 Å². The zero-order valence-corrected chi connectivity index (χ0v) is 12.5. The van der Waals surface area contributed by atoms with Gasteiger partial charge in [-0.25, -0.2) is 18.1 Å². The Bertz CT molecular complexity index is 676. The Morgan fingerprint density at radius 1 is 1.24 bits per heavy atom. The van der Waals surface area contributed by atoms with Crippen LogP contribution in [0.1, 0.15) is 18.9 Å². The molecule has 0 bridgehead atoms. The predicted octanol–water partition coefficient (Wildman–Crippen LogP) is 1.17. The van der Waals surface area contributed by atoms with Crippen molar-refractivity contribution in [2.45, 2.75) is 24.8 Å². The molecular weight excluding hydrogens is 290 g/mol. The third-order valence-corrected chi connectivity index (χ3v) is 4.00. The Morgan fingerprint density at radius 3 is 2.81 bits per heavy atom. The lowest BCUT2D eigenvalue weighted by molar-refractivity contribution is 0.600. The van der Waals surface area contributed by atoms with E-state index < -0.39 is 10.0 Å². The van der Waals surface area contributed by atoms with Gasteiger partial charge in [0.1, 0.15) is 0 Å². The van der Waals surface area contributed by atoms with Crippen LogP contribution < -0.4 is 10.0 Å². The molecule has 2 aromatic rings. The molecule has 2 N–H and O–H groups in total. The Kier molecular flexibility index (Phi) is 5.18. The molecule has 0 spiro atoms. The summed E-state index contributed by atoms with van der Waals surface area (Å²) in [6, 6.07) is 6.74. The van der Waals surface area contributed by atoms with Gasteiger partial charge in [0, 0.05) is 6.54 Å². The number of aromatic nitrogens is 3. The van der Waals surface area contributed by atoms with Gasteiger partial charge >= 0.3 is 0 Å². The SMILES string of the molecule is CCCNCc1cccc(S(=O)(=O)Nc2nccnn2)c1. The third-order valence-electron chi connectivity index (χ3n) is 2.67. The van der Waals surface area contributed by atoms with Crippen LogP contribution in [0.3, 0.4) is 0 Å². The summed E-state index contributed by atoms with van der Waals surface area (Å²) in [7, 11) is -3.71. The van der Waals surface area contributed by atoms with Crippen LogP contribution in [0.5, 0.6) is 0 Å². The summed E-state index contributed by atoms with van der Waals surface area (Å²) in [5, 5.41) is 10.4. The lowest BCUT2D eigenvalue weighted by Gasteiger charge is -2.08. The van der Waals surface area contributed by atoms with E-state index in [1.165, 1.54) is 18.5 Å². The number of hydrogen-bond donors (Lipinski definition) is 2. The molecule has 0 saturated carbocycles. The van der Waals surface area contributed by atoms with Gasteiger partial charge < -0.3 is 5.32 Å². The molecule has 7 nitrogen and oxygen atoms in total. The Labute approximate surface area is 123 Å². The molecule has 8 heteroatoms. The largest absolute Gasteiger partial charge is 0.313 e. The van der Waals surface area contributed by atoms with Crippen LogP contribution in [0.25, 0.3) is 0 Å². The number of rotatable bonds is 7. The first-order valence-electron chi connectivity index (χ1n) is 6.58. The molecule has 0 aliphatic heterocycles. The smallest absolute Gasteiger partial charge is 0.264 e. The summed E-state index contributed by atoms with van der Waals surface area (Å²) in [6.45, 7) is 3.59. The Morgan fingerprint density at radius 2 is 2.10 bits per heavy atom. The van der Waals surface area contributed by atoms with Gasteiger partial charge in [0.2, 0.25) is 0 Å². The predicted molar refractivity (Wildman–Crippen MR) is 79.1 cm³/mol. The maximum Gasteiger partial charge on any atom is 0.264 e. The van der Waals surface area contributed by atoms with Crippen LogP contribution in [0.15, 0.2) is 41.6 Å². The molecule has 0 saturated heterocycles. The normalized spacial score (nSPS) is 11.3. The van der Waals surface area contributed by atoms with Crippen LogP contribution >= 0.6 is 0 Å². The maximum atomic E-state index is 12.2. The number of hydrogen-bond acceptors (Lipinski definition) is 6. The standard InChI is InChI=1S/C13H17N5O2S/c1-2-6-14-10-11-4-3-5-12(9-11)21(19,20)18-13-15-7-8-16-17-13/h3-5,7-9,14H,2,6,10H2,1H3,(H,15,17,18). The van der Waals surface area contributed by atoms with Crippen molar-refractivity contribution in [2.75, 3.05) is 11.3 Å². The van der Waals surface area contributed by atoms with Gasteiger partial charge in [-0.3, -0.25) is 0 Å². The summed E-state index contributed by atoms with van der Waals surface area (Å²) in [5.41, 5.74) is 0.901. The molecule has 0 unspecified atom stereocenters. The molecule has 0 aliphatic carbocycles. The second-order valence-corrected chi connectivity index (χ2v) is 6.08. The van der Waals surface area contributed by atoms with Crippen LogP contribution in [0.4, 0.5) is 5.95 Å². The fraction of sp³-hybridized carbons (Fsp3) is 0.308. The molecule has 0 atom stereocenters. The third kappa shape index (κ3) is 4.47. The highest BCUT2D eigenvalue weighted by Crippen LogP contribution is 2.14. The van der Waals surface area contributed by atoms with Crippen LogP contribution in [-0.4, -0.2) is 30.1 Å². The molecule has 2 rings (SSSR count). The monoisotopic (exact) mass is 307 g/mol. The molecule has 1 heterocycles. The van der Waals surface area contributed by atoms with Gasteiger partial charge in [-0.05, 0) is 30.7 Å².